The maximum atomic E-state index is 12.5. The van der Waals surface area contributed by atoms with E-state index >= 15 is 0 Å². The molecule has 1 aromatic carbocycles. The third kappa shape index (κ3) is 4.06. The summed E-state index contributed by atoms with van der Waals surface area (Å²) in [6.45, 7) is 0.184. The molecule has 0 unspecified atom stereocenters. The zero-order valence-electron chi connectivity index (χ0n) is 14.8. The van der Waals surface area contributed by atoms with Crippen molar-refractivity contribution in [1.29, 1.82) is 0 Å². The van der Waals surface area contributed by atoms with E-state index in [-0.39, 0.29) is 6.54 Å². The normalized spacial score (nSPS) is 14.1. The number of hydrogen-bond donors (Lipinski definition) is 1. The summed E-state index contributed by atoms with van der Waals surface area (Å²) in [7, 11) is -3.56. The minimum absolute atomic E-state index is 0.184. The predicted octanol–water partition coefficient (Wildman–Crippen LogP) is 2.53. The summed E-state index contributed by atoms with van der Waals surface area (Å²) in [5.41, 5.74) is 2.99. The van der Waals surface area contributed by atoms with Crippen LogP contribution in [0.2, 0.25) is 0 Å². The van der Waals surface area contributed by atoms with E-state index in [9.17, 15) is 8.42 Å². The van der Waals surface area contributed by atoms with Crippen LogP contribution in [0.3, 0.4) is 0 Å². The van der Waals surface area contributed by atoms with Gasteiger partial charge in [-0.05, 0) is 61.1 Å². The summed E-state index contributed by atoms with van der Waals surface area (Å²) in [6, 6.07) is 10.8. The number of sulfonamides is 1. The average molecular weight is 384 g/mol. The van der Waals surface area contributed by atoms with Gasteiger partial charge in [-0.15, -0.1) is 10.2 Å². The topological polar surface area (TPSA) is 98.0 Å². The van der Waals surface area contributed by atoms with Crippen molar-refractivity contribution in [3.63, 3.8) is 0 Å². The number of fused-ring (bicyclic) bond motifs is 1. The second-order valence-electron chi connectivity index (χ2n) is 6.50. The van der Waals surface area contributed by atoms with Gasteiger partial charge in [-0.1, -0.05) is 12.1 Å². The SMILES string of the molecule is O=S(=O)(NCCc1nnc(-c2ccccn2)o1)c1ccc2c(c1)CCCC2. The van der Waals surface area contributed by atoms with Crippen LogP contribution in [-0.2, 0) is 29.3 Å². The number of benzene rings is 1. The Morgan fingerprint density at radius 2 is 1.89 bits per heavy atom. The molecular weight excluding hydrogens is 364 g/mol. The van der Waals surface area contributed by atoms with Crippen LogP contribution in [0.5, 0.6) is 0 Å². The number of rotatable bonds is 6. The van der Waals surface area contributed by atoms with Crippen molar-refractivity contribution in [1.82, 2.24) is 19.9 Å². The van der Waals surface area contributed by atoms with Crippen LogP contribution >= 0.6 is 0 Å². The Balaban J connectivity index is 1.39. The lowest BCUT2D eigenvalue weighted by atomic mass is 9.92. The number of nitrogens with one attached hydrogen (secondary N) is 1. The monoisotopic (exact) mass is 384 g/mol. The molecule has 0 bridgehead atoms. The molecule has 0 atom stereocenters. The summed E-state index contributed by atoms with van der Waals surface area (Å²) in [6.07, 6.45) is 6.20. The molecule has 0 fully saturated rings. The molecule has 140 valence electrons. The molecule has 1 aliphatic rings. The molecule has 2 aromatic heterocycles. The largest absolute Gasteiger partial charge is 0.419 e. The summed E-state index contributed by atoms with van der Waals surface area (Å²) < 4.78 is 33.2. The van der Waals surface area contributed by atoms with E-state index in [1.54, 1.807) is 30.5 Å². The summed E-state index contributed by atoms with van der Waals surface area (Å²) in [5.74, 6) is 0.687. The number of hydrogen-bond acceptors (Lipinski definition) is 6. The fourth-order valence-electron chi connectivity index (χ4n) is 3.20. The summed E-state index contributed by atoms with van der Waals surface area (Å²) in [5, 5.41) is 7.90. The van der Waals surface area contributed by atoms with Crippen molar-refractivity contribution < 1.29 is 12.8 Å². The molecule has 0 spiro atoms. The fraction of sp³-hybridized carbons (Fsp3) is 0.316. The lowest BCUT2D eigenvalue weighted by Gasteiger charge is -2.16. The number of nitrogens with zero attached hydrogens (tertiary/aromatic N) is 3. The summed E-state index contributed by atoms with van der Waals surface area (Å²) >= 11 is 0. The second-order valence-corrected chi connectivity index (χ2v) is 8.27. The lowest BCUT2D eigenvalue weighted by molar-refractivity contribution is 0.500. The van der Waals surface area contributed by atoms with Crippen LogP contribution in [-0.4, -0.2) is 30.1 Å². The van der Waals surface area contributed by atoms with Crippen LogP contribution in [0.25, 0.3) is 11.6 Å². The molecule has 27 heavy (non-hydrogen) atoms. The van der Waals surface area contributed by atoms with Gasteiger partial charge in [-0.3, -0.25) is 4.98 Å². The molecule has 1 aliphatic carbocycles. The van der Waals surface area contributed by atoms with E-state index in [1.165, 1.54) is 12.0 Å². The Morgan fingerprint density at radius 3 is 2.70 bits per heavy atom. The Hall–Kier alpha value is -2.58. The zero-order chi connectivity index (χ0) is 18.7. The van der Waals surface area contributed by atoms with Crippen LogP contribution in [0.15, 0.2) is 51.9 Å². The highest BCUT2D eigenvalue weighted by Crippen LogP contribution is 2.24. The first-order chi connectivity index (χ1) is 13.1. The molecule has 3 aromatic rings. The number of pyridine rings is 1. The van der Waals surface area contributed by atoms with Crippen LogP contribution in [0, 0.1) is 0 Å². The van der Waals surface area contributed by atoms with Gasteiger partial charge < -0.3 is 4.42 Å². The van der Waals surface area contributed by atoms with E-state index < -0.39 is 10.0 Å². The smallest absolute Gasteiger partial charge is 0.266 e. The molecular formula is C19H20N4O3S. The minimum Gasteiger partial charge on any atom is -0.419 e. The fourth-order valence-corrected chi connectivity index (χ4v) is 4.28. The molecule has 0 saturated heterocycles. The Kier molecular flexibility index (Phi) is 5.00. The minimum atomic E-state index is -3.56. The first-order valence-corrected chi connectivity index (χ1v) is 10.5. The van der Waals surface area contributed by atoms with Gasteiger partial charge in [0, 0.05) is 19.2 Å². The molecule has 0 radical (unpaired) electrons. The van der Waals surface area contributed by atoms with Crippen molar-refractivity contribution >= 4 is 10.0 Å². The molecule has 1 N–H and O–H groups in total. The zero-order valence-corrected chi connectivity index (χ0v) is 15.6. The highest BCUT2D eigenvalue weighted by Gasteiger charge is 2.18. The summed E-state index contributed by atoms with van der Waals surface area (Å²) in [4.78, 5) is 4.46. The predicted molar refractivity (Wildman–Crippen MR) is 99.5 cm³/mol. The van der Waals surface area contributed by atoms with Gasteiger partial charge in [0.15, 0.2) is 0 Å². The van der Waals surface area contributed by atoms with Gasteiger partial charge in [0.1, 0.15) is 5.69 Å². The third-order valence-corrected chi connectivity index (χ3v) is 6.07. The Morgan fingerprint density at radius 1 is 1.04 bits per heavy atom. The number of aryl methyl sites for hydroxylation is 2. The van der Waals surface area contributed by atoms with Gasteiger partial charge in [0.2, 0.25) is 15.9 Å². The molecule has 0 amide bonds. The molecule has 8 heteroatoms. The molecule has 4 rings (SSSR count). The third-order valence-electron chi connectivity index (χ3n) is 4.61. The van der Waals surface area contributed by atoms with Crippen molar-refractivity contribution in [2.45, 2.75) is 37.0 Å². The van der Waals surface area contributed by atoms with Crippen LogP contribution in [0.1, 0.15) is 29.9 Å². The number of aromatic nitrogens is 3. The molecule has 0 aliphatic heterocycles. The highest BCUT2D eigenvalue weighted by molar-refractivity contribution is 7.89. The highest BCUT2D eigenvalue weighted by atomic mass is 32.2. The van der Waals surface area contributed by atoms with Gasteiger partial charge in [-0.25, -0.2) is 13.1 Å². The van der Waals surface area contributed by atoms with E-state index in [0.29, 0.717) is 28.8 Å². The van der Waals surface area contributed by atoms with E-state index in [0.717, 1.165) is 24.8 Å². The quantitative estimate of drug-likeness (QED) is 0.701. The second kappa shape index (κ2) is 7.58. The van der Waals surface area contributed by atoms with Crippen LogP contribution < -0.4 is 4.72 Å². The van der Waals surface area contributed by atoms with Crippen LogP contribution in [0.4, 0.5) is 0 Å². The average Bonchev–Trinajstić information content (AvgIpc) is 3.17. The van der Waals surface area contributed by atoms with Crippen molar-refractivity contribution in [3.8, 4) is 11.6 Å². The van der Waals surface area contributed by atoms with Gasteiger partial charge >= 0.3 is 0 Å². The van der Waals surface area contributed by atoms with Gasteiger partial charge in [-0.2, -0.15) is 0 Å². The molecule has 0 saturated carbocycles. The van der Waals surface area contributed by atoms with E-state index in [2.05, 4.69) is 19.9 Å². The van der Waals surface area contributed by atoms with Crippen molar-refractivity contribution in [2.24, 2.45) is 0 Å². The Labute approximate surface area is 157 Å². The maximum absolute atomic E-state index is 12.5. The molecule has 7 nitrogen and oxygen atoms in total. The van der Waals surface area contributed by atoms with E-state index in [4.69, 9.17) is 4.42 Å². The standard InChI is InChI=1S/C19H20N4O3S/c24-27(25,16-9-8-14-5-1-2-6-15(14)13-16)21-12-10-18-22-23-19(26-18)17-7-3-4-11-20-17/h3-4,7-9,11,13,21H,1-2,5-6,10,12H2. The lowest BCUT2D eigenvalue weighted by Crippen LogP contribution is -2.26. The Bertz CT molecular complexity index is 1030. The van der Waals surface area contributed by atoms with Gasteiger partial charge in [0.25, 0.3) is 5.89 Å². The van der Waals surface area contributed by atoms with Crippen molar-refractivity contribution in [3.05, 3.63) is 59.6 Å². The molecule has 2 heterocycles. The van der Waals surface area contributed by atoms with Gasteiger partial charge in [0.05, 0.1) is 4.90 Å². The first-order valence-electron chi connectivity index (χ1n) is 8.97. The first kappa shape index (κ1) is 17.8. The maximum Gasteiger partial charge on any atom is 0.266 e. The van der Waals surface area contributed by atoms with Crippen molar-refractivity contribution in [2.75, 3.05) is 6.54 Å². The van der Waals surface area contributed by atoms with E-state index in [1.807, 2.05) is 12.1 Å².